The molecule has 0 bridgehead atoms. The van der Waals surface area contributed by atoms with Crippen molar-refractivity contribution in [1.29, 1.82) is 0 Å². The molecule has 1 aromatic carbocycles. The van der Waals surface area contributed by atoms with Crippen molar-refractivity contribution in [2.24, 2.45) is 0 Å². The lowest BCUT2D eigenvalue weighted by Gasteiger charge is -2.17. The van der Waals surface area contributed by atoms with E-state index in [0.717, 1.165) is 18.8 Å². The lowest BCUT2D eigenvalue weighted by atomic mass is 10.4. The van der Waals surface area contributed by atoms with Crippen LogP contribution in [0.25, 0.3) is 0 Å². The first kappa shape index (κ1) is 13.1. The van der Waals surface area contributed by atoms with Gasteiger partial charge in [-0.3, -0.25) is 0 Å². The third-order valence-electron chi connectivity index (χ3n) is 2.05. The monoisotopic (exact) mass is 287 g/mol. The second-order valence-corrected chi connectivity index (χ2v) is 6.44. The Hall–Kier alpha value is 0.0100. The molecule has 3 heteroatoms. The van der Waals surface area contributed by atoms with E-state index in [4.69, 9.17) is 0 Å². The van der Waals surface area contributed by atoms with Crippen LogP contribution in [0.5, 0.6) is 0 Å². The van der Waals surface area contributed by atoms with Crippen LogP contribution in [0.15, 0.2) is 35.2 Å². The first-order chi connectivity index (χ1) is 7.18. The average molecular weight is 288 g/mol. The van der Waals surface area contributed by atoms with Gasteiger partial charge in [0.15, 0.2) is 0 Å². The quantitative estimate of drug-likeness (QED) is 0.582. The van der Waals surface area contributed by atoms with Crippen molar-refractivity contribution in [1.82, 2.24) is 4.90 Å². The molecule has 0 saturated heterocycles. The molecular weight excluding hydrogens is 270 g/mol. The summed E-state index contributed by atoms with van der Waals surface area (Å²) in [6, 6.07) is 10.6. The molecule has 0 N–H and O–H groups in total. The van der Waals surface area contributed by atoms with Crippen molar-refractivity contribution in [3.05, 3.63) is 30.3 Å². The van der Waals surface area contributed by atoms with Crippen molar-refractivity contribution in [3.8, 4) is 0 Å². The highest BCUT2D eigenvalue weighted by Crippen LogP contribution is 2.16. The molecular formula is C12H18BrNS. The molecule has 0 aliphatic rings. The largest absolute Gasteiger partial charge is 0.304 e. The summed E-state index contributed by atoms with van der Waals surface area (Å²) in [6.07, 6.45) is 0. The van der Waals surface area contributed by atoms with Gasteiger partial charge >= 0.3 is 0 Å². The Bertz CT molecular complexity index is 264. The summed E-state index contributed by atoms with van der Waals surface area (Å²) in [4.78, 5) is 4.29. The first-order valence-electron chi connectivity index (χ1n) is 5.19. The summed E-state index contributed by atoms with van der Waals surface area (Å²) < 4.78 is 0. The van der Waals surface area contributed by atoms with E-state index in [-0.39, 0.29) is 0 Å². The zero-order valence-electron chi connectivity index (χ0n) is 9.32. The Balaban J connectivity index is 2.16. The van der Waals surface area contributed by atoms with Crippen molar-refractivity contribution < 1.29 is 0 Å². The minimum Gasteiger partial charge on any atom is -0.304 e. The van der Waals surface area contributed by atoms with Crippen LogP contribution in [0, 0.1) is 0 Å². The third kappa shape index (κ3) is 6.23. The van der Waals surface area contributed by atoms with E-state index in [2.05, 4.69) is 65.1 Å². The van der Waals surface area contributed by atoms with E-state index in [1.165, 1.54) is 4.90 Å². The molecule has 1 aromatic rings. The third-order valence-corrected chi connectivity index (χ3v) is 3.33. The zero-order chi connectivity index (χ0) is 11.1. The van der Waals surface area contributed by atoms with Gasteiger partial charge < -0.3 is 4.90 Å². The number of thioether (sulfide) groups is 1. The Morgan fingerprint density at radius 3 is 2.60 bits per heavy atom. The van der Waals surface area contributed by atoms with Crippen LogP contribution in [-0.2, 0) is 0 Å². The minimum absolute atomic E-state index is 0.573. The summed E-state index contributed by atoms with van der Waals surface area (Å²) in [5.41, 5.74) is 0. The van der Waals surface area contributed by atoms with Crippen molar-refractivity contribution >= 4 is 27.7 Å². The smallest absolute Gasteiger partial charge is 0.0244 e. The van der Waals surface area contributed by atoms with Gasteiger partial charge in [-0.15, -0.1) is 11.8 Å². The van der Waals surface area contributed by atoms with Crippen molar-refractivity contribution in [2.75, 3.05) is 25.9 Å². The SMILES string of the molecule is CC(Br)CN(C)CCSc1ccccc1. The van der Waals surface area contributed by atoms with Gasteiger partial charge in [-0.25, -0.2) is 0 Å². The van der Waals surface area contributed by atoms with Gasteiger partial charge in [-0.2, -0.15) is 0 Å². The van der Waals surface area contributed by atoms with Gasteiger partial charge in [0.25, 0.3) is 0 Å². The lowest BCUT2D eigenvalue weighted by molar-refractivity contribution is 0.362. The van der Waals surface area contributed by atoms with E-state index in [9.17, 15) is 0 Å². The zero-order valence-corrected chi connectivity index (χ0v) is 11.7. The van der Waals surface area contributed by atoms with Crippen LogP contribution >= 0.6 is 27.7 Å². The molecule has 15 heavy (non-hydrogen) atoms. The fraction of sp³-hybridized carbons (Fsp3) is 0.500. The lowest BCUT2D eigenvalue weighted by Crippen LogP contribution is -2.26. The fourth-order valence-electron chi connectivity index (χ4n) is 1.36. The Morgan fingerprint density at radius 2 is 2.00 bits per heavy atom. The van der Waals surface area contributed by atoms with Gasteiger partial charge in [-0.1, -0.05) is 41.1 Å². The van der Waals surface area contributed by atoms with Crippen LogP contribution in [0.4, 0.5) is 0 Å². The Labute approximate surface area is 105 Å². The molecule has 1 rings (SSSR count). The van der Waals surface area contributed by atoms with Crippen LogP contribution in [0.1, 0.15) is 6.92 Å². The number of benzene rings is 1. The molecule has 0 spiro atoms. The van der Waals surface area contributed by atoms with Crippen LogP contribution in [0.3, 0.4) is 0 Å². The summed E-state index contributed by atoms with van der Waals surface area (Å²) in [5, 5.41) is 0. The maximum Gasteiger partial charge on any atom is 0.0244 e. The second kappa shape index (κ2) is 7.31. The summed E-state index contributed by atoms with van der Waals surface area (Å²) >= 11 is 5.48. The standard InChI is InChI=1S/C12H18BrNS/c1-11(13)10-14(2)8-9-15-12-6-4-3-5-7-12/h3-7,11H,8-10H2,1-2H3. The molecule has 1 unspecified atom stereocenters. The van der Waals surface area contributed by atoms with Crippen molar-refractivity contribution in [3.63, 3.8) is 0 Å². The van der Waals surface area contributed by atoms with Crippen LogP contribution in [-0.4, -0.2) is 35.6 Å². The van der Waals surface area contributed by atoms with Gasteiger partial charge in [0.1, 0.15) is 0 Å². The maximum absolute atomic E-state index is 3.56. The number of hydrogen-bond donors (Lipinski definition) is 0. The average Bonchev–Trinajstić information content (AvgIpc) is 2.18. The van der Waals surface area contributed by atoms with Crippen molar-refractivity contribution in [2.45, 2.75) is 16.6 Å². The molecule has 0 radical (unpaired) electrons. The van der Waals surface area contributed by atoms with Gasteiger partial charge in [-0.05, 0) is 19.2 Å². The number of halogens is 1. The molecule has 0 aromatic heterocycles. The minimum atomic E-state index is 0.573. The second-order valence-electron chi connectivity index (χ2n) is 3.70. The van der Waals surface area contributed by atoms with Crippen LogP contribution < -0.4 is 0 Å². The molecule has 1 atom stereocenters. The first-order valence-corrected chi connectivity index (χ1v) is 7.09. The highest BCUT2D eigenvalue weighted by atomic mass is 79.9. The van der Waals surface area contributed by atoms with E-state index in [1.807, 2.05) is 11.8 Å². The Morgan fingerprint density at radius 1 is 1.33 bits per heavy atom. The number of nitrogens with zero attached hydrogens (tertiary/aromatic N) is 1. The number of alkyl halides is 1. The molecule has 0 amide bonds. The fourth-order valence-corrected chi connectivity index (χ4v) is 2.84. The summed E-state index contributed by atoms with van der Waals surface area (Å²) in [5.74, 6) is 1.15. The Kier molecular flexibility index (Phi) is 6.37. The summed E-state index contributed by atoms with van der Waals surface area (Å²) in [7, 11) is 2.17. The van der Waals surface area contributed by atoms with E-state index < -0.39 is 0 Å². The van der Waals surface area contributed by atoms with E-state index in [1.54, 1.807) is 0 Å². The normalized spacial score (nSPS) is 13.1. The molecule has 1 nitrogen and oxygen atoms in total. The molecule has 0 aliphatic heterocycles. The predicted molar refractivity (Wildman–Crippen MR) is 73.1 cm³/mol. The maximum atomic E-state index is 3.56. The number of rotatable bonds is 6. The highest BCUT2D eigenvalue weighted by Gasteiger charge is 2.02. The van der Waals surface area contributed by atoms with Gasteiger partial charge in [0.2, 0.25) is 0 Å². The molecule has 84 valence electrons. The molecule has 0 aliphatic carbocycles. The van der Waals surface area contributed by atoms with Gasteiger partial charge in [0, 0.05) is 28.6 Å². The van der Waals surface area contributed by atoms with Gasteiger partial charge in [0.05, 0.1) is 0 Å². The van der Waals surface area contributed by atoms with E-state index >= 15 is 0 Å². The number of hydrogen-bond acceptors (Lipinski definition) is 2. The molecule has 0 fully saturated rings. The summed E-state index contributed by atoms with van der Waals surface area (Å²) in [6.45, 7) is 4.42. The molecule has 0 saturated carbocycles. The van der Waals surface area contributed by atoms with E-state index in [0.29, 0.717) is 4.83 Å². The highest BCUT2D eigenvalue weighted by molar-refractivity contribution is 9.09. The topological polar surface area (TPSA) is 3.24 Å². The predicted octanol–water partition coefficient (Wildman–Crippen LogP) is 3.49. The molecule has 0 heterocycles. The van der Waals surface area contributed by atoms with Crippen LogP contribution in [0.2, 0.25) is 0 Å².